The van der Waals surface area contributed by atoms with E-state index >= 15 is 0 Å². The lowest BCUT2D eigenvalue weighted by Crippen LogP contribution is -2.35. The molecule has 0 amide bonds. The first kappa shape index (κ1) is 14.4. The number of hydrogen-bond donors (Lipinski definition) is 0. The van der Waals surface area contributed by atoms with Crippen molar-refractivity contribution < 1.29 is 0 Å². The molecule has 1 aromatic rings. The highest BCUT2D eigenvalue weighted by atomic mass is 35.5. The Bertz CT molecular complexity index is 353. The summed E-state index contributed by atoms with van der Waals surface area (Å²) in [7, 11) is 0. The van der Waals surface area contributed by atoms with E-state index in [0.717, 1.165) is 11.8 Å². The molecule has 1 fully saturated rings. The number of hydrogen-bond acceptors (Lipinski definition) is 1. The zero-order chi connectivity index (χ0) is 13.2. The second-order valence-electron chi connectivity index (χ2n) is 7.03. The third-order valence-corrected chi connectivity index (χ3v) is 6.13. The van der Waals surface area contributed by atoms with Crippen molar-refractivity contribution in [3.63, 3.8) is 0 Å². The summed E-state index contributed by atoms with van der Waals surface area (Å²) in [5, 5.41) is 2.18. The Morgan fingerprint density at radius 3 is 2.44 bits per heavy atom. The third-order valence-electron chi connectivity index (χ3n) is 4.68. The van der Waals surface area contributed by atoms with E-state index in [4.69, 9.17) is 11.6 Å². The Labute approximate surface area is 121 Å². The minimum absolute atomic E-state index is 0.369. The summed E-state index contributed by atoms with van der Waals surface area (Å²) in [6.45, 7) is 7.14. The zero-order valence-corrected chi connectivity index (χ0v) is 13.4. The molecule has 0 radical (unpaired) electrons. The van der Waals surface area contributed by atoms with Gasteiger partial charge in [0.1, 0.15) is 0 Å². The maximum atomic E-state index is 6.32. The molecule has 0 aliphatic heterocycles. The van der Waals surface area contributed by atoms with Crippen LogP contribution in [-0.4, -0.2) is 5.88 Å². The highest BCUT2D eigenvalue weighted by molar-refractivity contribution is 7.09. The summed E-state index contributed by atoms with van der Waals surface area (Å²) in [6.07, 6.45) is 6.49. The summed E-state index contributed by atoms with van der Waals surface area (Å²) in [6, 6.07) is 4.41. The fourth-order valence-corrected chi connectivity index (χ4v) is 4.48. The summed E-state index contributed by atoms with van der Waals surface area (Å²) < 4.78 is 0. The van der Waals surface area contributed by atoms with Gasteiger partial charge in [0.05, 0.1) is 0 Å². The molecule has 0 atom stereocenters. The van der Waals surface area contributed by atoms with Gasteiger partial charge in [-0.05, 0) is 60.3 Å². The minimum Gasteiger partial charge on any atom is -0.149 e. The molecule has 2 rings (SSSR count). The van der Waals surface area contributed by atoms with Gasteiger partial charge in [-0.15, -0.1) is 22.9 Å². The number of alkyl halides is 1. The minimum atomic E-state index is 0.369. The maximum absolute atomic E-state index is 6.32. The van der Waals surface area contributed by atoms with Gasteiger partial charge in [0.2, 0.25) is 0 Å². The van der Waals surface area contributed by atoms with Gasteiger partial charge in [0, 0.05) is 10.8 Å². The van der Waals surface area contributed by atoms with E-state index in [0.29, 0.717) is 10.8 Å². The van der Waals surface area contributed by atoms with Crippen LogP contribution in [0.5, 0.6) is 0 Å². The molecule has 1 heterocycles. The highest BCUT2D eigenvalue weighted by Crippen LogP contribution is 2.47. The van der Waals surface area contributed by atoms with Crippen molar-refractivity contribution >= 4 is 22.9 Å². The molecule has 1 aliphatic rings. The summed E-state index contributed by atoms with van der Waals surface area (Å²) in [5.41, 5.74) is 0.829. The van der Waals surface area contributed by atoms with E-state index in [1.165, 1.54) is 37.0 Å². The topological polar surface area (TPSA) is 0 Å². The maximum Gasteiger partial charge on any atom is 0.0283 e. The normalized spacial score (nSPS) is 29.4. The average molecular weight is 285 g/mol. The Morgan fingerprint density at radius 2 is 2.00 bits per heavy atom. The average Bonchev–Trinajstić information content (AvgIpc) is 2.81. The van der Waals surface area contributed by atoms with Gasteiger partial charge in [-0.1, -0.05) is 26.8 Å². The van der Waals surface area contributed by atoms with Crippen LogP contribution >= 0.6 is 22.9 Å². The van der Waals surface area contributed by atoms with Gasteiger partial charge >= 0.3 is 0 Å². The van der Waals surface area contributed by atoms with Crippen LogP contribution in [0.3, 0.4) is 0 Å². The molecule has 1 saturated carbocycles. The first-order valence-corrected chi connectivity index (χ1v) is 8.45. The van der Waals surface area contributed by atoms with Crippen molar-refractivity contribution in [3.8, 4) is 0 Å². The Kier molecular flexibility index (Phi) is 4.44. The van der Waals surface area contributed by atoms with Crippen molar-refractivity contribution in [2.45, 2.75) is 52.9 Å². The van der Waals surface area contributed by atoms with Gasteiger partial charge in [0.15, 0.2) is 0 Å². The van der Waals surface area contributed by atoms with Crippen LogP contribution in [0, 0.1) is 16.7 Å². The quantitative estimate of drug-likeness (QED) is 0.620. The summed E-state index contributed by atoms with van der Waals surface area (Å²) >= 11 is 8.20. The van der Waals surface area contributed by atoms with Crippen LogP contribution in [0.15, 0.2) is 17.5 Å². The molecule has 2 heteroatoms. The largest absolute Gasteiger partial charge is 0.149 e. The van der Waals surface area contributed by atoms with Crippen LogP contribution in [0.25, 0.3) is 0 Å². The third kappa shape index (κ3) is 3.30. The van der Waals surface area contributed by atoms with Gasteiger partial charge in [-0.25, -0.2) is 0 Å². The van der Waals surface area contributed by atoms with E-state index < -0.39 is 0 Å². The van der Waals surface area contributed by atoms with Crippen LogP contribution in [0.2, 0.25) is 0 Å². The molecule has 0 unspecified atom stereocenters. The monoisotopic (exact) mass is 284 g/mol. The molecule has 0 saturated heterocycles. The molecule has 0 aromatic carbocycles. The van der Waals surface area contributed by atoms with E-state index in [9.17, 15) is 0 Å². The molecule has 0 nitrogen and oxygen atoms in total. The molecule has 1 aliphatic carbocycles. The fraction of sp³-hybridized carbons (Fsp3) is 0.750. The zero-order valence-electron chi connectivity index (χ0n) is 11.8. The first-order chi connectivity index (χ1) is 8.45. The lowest BCUT2D eigenvalue weighted by Gasteiger charge is -2.43. The Balaban J connectivity index is 2.00. The second-order valence-corrected chi connectivity index (χ2v) is 8.33. The molecule has 18 heavy (non-hydrogen) atoms. The van der Waals surface area contributed by atoms with Crippen molar-refractivity contribution in [2.24, 2.45) is 16.7 Å². The highest BCUT2D eigenvalue weighted by Gasteiger charge is 2.38. The summed E-state index contributed by atoms with van der Waals surface area (Å²) in [5.74, 6) is 1.69. The molecule has 102 valence electrons. The predicted molar refractivity (Wildman–Crippen MR) is 82.6 cm³/mol. The molecule has 0 spiro atoms. The van der Waals surface area contributed by atoms with Gasteiger partial charge in [-0.2, -0.15) is 0 Å². The van der Waals surface area contributed by atoms with Gasteiger partial charge in [-0.3, -0.25) is 0 Å². The molecular formula is C16H25ClS. The smallest absolute Gasteiger partial charge is 0.0283 e. The van der Waals surface area contributed by atoms with Crippen molar-refractivity contribution in [1.29, 1.82) is 0 Å². The van der Waals surface area contributed by atoms with Crippen LogP contribution in [0.1, 0.15) is 51.3 Å². The van der Waals surface area contributed by atoms with Crippen molar-refractivity contribution in [1.82, 2.24) is 0 Å². The Hall–Kier alpha value is -0.0100. The molecule has 0 bridgehead atoms. The standard InChI is InChI=1S/C16H25ClS/c1-15(2,3)13-6-8-16(12-17,9-7-13)11-14-5-4-10-18-14/h4-5,10,13H,6-9,11-12H2,1-3H3. The SMILES string of the molecule is CC(C)(C)C1CCC(CCl)(Cc2cccs2)CC1. The molecular weight excluding hydrogens is 260 g/mol. The van der Waals surface area contributed by atoms with E-state index in [1.807, 2.05) is 11.3 Å². The van der Waals surface area contributed by atoms with Gasteiger partial charge < -0.3 is 0 Å². The first-order valence-electron chi connectivity index (χ1n) is 7.04. The number of halogens is 1. The van der Waals surface area contributed by atoms with Gasteiger partial charge in [0.25, 0.3) is 0 Å². The second kappa shape index (κ2) is 5.54. The van der Waals surface area contributed by atoms with Crippen LogP contribution < -0.4 is 0 Å². The van der Waals surface area contributed by atoms with E-state index in [1.54, 1.807) is 0 Å². The van der Waals surface area contributed by atoms with E-state index in [2.05, 4.69) is 38.3 Å². The van der Waals surface area contributed by atoms with E-state index in [-0.39, 0.29) is 0 Å². The van der Waals surface area contributed by atoms with Crippen molar-refractivity contribution in [2.75, 3.05) is 5.88 Å². The Morgan fingerprint density at radius 1 is 1.33 bits per heavy atom. The van der Waals surface area contributed by atoms with Crippen LogP contribution in [-0.2, 0) is 6.42 Å². The lowest BCUT2D eigenvalue weighted by atomic mass is 9.63. The van der Waals surface area contributed by atoms with Crippen molar-refractivity contribution in [3.05, 3.63) is 22.4 Å². The summed E-state index contributed by atoms with van der Waals surface area (Å²) in [4.78, 5) is 1.50. The number of thiophene rings is 1. The lowest BCUT2D eigenvalue weighted by molar-refractivity contribution is 0.102. The number of rotatable bonds is 3. The molecule has 1 aromatic heterocycles. The predicted octanol–water partition coefficient (Wildman–Crippen LogP) is 5.75. The fourth-order valence-electron chi connectivity index (χ4n) is 3.24. The van der Waals surface area contributed by atoms with Crippen LogP contribution in [0.4, 0.5) is 0 Å². The molecule has 0 N–H and O–H groups in total.